The predicted molar refractivity (Wildman–Crippen MR) is 155 cm³/mol. The summed E-state index contributed by atoms with van der Waals surface area (Å²) in [5.41, 5.74) is 8.79. The summed E-state index contributed by atoms with van der Waals surface area (Å²) in [5, 5.41) is 13.7. The number of aromatic nitrogens is 1. The molecular weight excluding hydrogens is 547 g/mol. The van der Waals surface area contributed by atoms with Gasteiger partial charge < -0.3 is 30.3 Å². The van der Waals surface area contributed by atoms with Crippen molar-refractivity contribution in [1.29, 1.82) is 5.26 Å². The molecule has 3 N–H and O–H groups in total. The van der Waals surface area contributed by atoms with Gasteiger partial charge in [-0.1, -0.05) is 0 Å². The fourth-order valence-electron chi connectivity index (χ4n) is 5.29. The van der Waals surface area contributed by atoms with E-state index in [9.17, 15) is 14.9 Å². The van der Waals surface area contributed by atoms with E-state index in [1.165, 1.54) is 17.4 Å². The smallest absolute Gasteiger partial charge is 0.410 e. The number of amides is 2. The van der Waals surface area contributed by atoms with E-state index in [2.05, 4.69) is 16.4 Å². The van der Waals surface area contributed by atoms with Crippen LogP contribution in [0.5, 0.6) is 5.75 Å². The molecule has 3 aromatic rings. The number of nitrogens with two attached hydrogens (primary N) is 1. The van der Waals surface area contributed by atoms with Gasteiger partial charge in [-0.05, 0) is 52.3 Å². The Morgan fingerprint density at radius 2 is 1.95 bits per heavy atom. The number of nitrogens with zero attached hydrogens (tertiary/aromatic N) is 4. The lowest BCUT2D eigenvalue weighted by molar-refractivity contribution is 0.0240. The molecule has 0 radical (unpaired) electrons. The van der Waals surface area contributed by atoms with Gasteiger partial charge in [0.05, 0.1) is 17.4 Å². The SMILES string of the molecule is Cc1cc(C)c2c(N)c(C(=O)N[C@H]3COc4c(C#N)c(N5CCN(C(=O)OC(C)(C)C)CC5)cc(F)c4C3)sc2n1. The number of nitrogen functional groups attached to an aromatic ring is 1. The zero-order chi connectivity index (χ0) is 29.6. The molecule has 2 aliphatic rings. The number of benzene rings is 1. The topological polar surface area (TPSA) is 134 Å². The highest BCUT2D eigenvalue weighted by molar-refractivity contribution is 7.21. The average molecular weight is 581 g/mol. The van der Waals surface area contributed by atoms with Gasteiger partial charge in [0.25, 0.3) is 5.91 Å². The molecular formula is C29H33FN6O4S. The zero-order valence-corrected chi connectivity index (χ0v) is 24.6. The quantitative estimate of drug-likeness (QED) is 0.469. The third-order valence-electron chi connectivity index (χ3n) is 7.14. The monoisotopic (exact) mass is 580 g/mol. The summed E-state index contributed by atoms with van der Waals surface area (Å²) in [6.45, 7) is 10.9. The Labute approximate surface area is 241 Å². The number of fused-ring (bicyclic) bond motifs is 2. The summed E-state index contributed by atoms with van der Waals surface area (Å²) in [4.78, 5) is 34.6. The van der Waals surface area contributed by atoms with Crippen LogP contribution in [0.15, 0.2) is 12.1 Å². The maximum absolute atomic E-state index is 15.5. The average Bonchev–Trinajstić information content (AvgIpc) is 3.24. The molecule has 1 saturated heterocycles. The molecule has 41 heavy (non-hydrogen) atoms. The molecule has 0 unspecified atom stereocenters. The van der Waals surface area contributed by atoms with Crippen LogP contribution >= 0.6 is 11.3 Å². The molecule has 10 nitrogen and oxygen atoms in total. The fourth-order valence-corrected chi connectivity index (χ4v) is 6.41. The lowest BCUT2D eigenvalue weighted by Crippen LogP contribution is -2.50. The van der Waals surface area contributed by atoms with Crippen LogP contribution in [0.2, 0.25) is 0 Å². The number of piperazine rings is 1. The number of ether oxygens (including phenoxy) is 2. The minimum absolute atomic E-state index is 0.0733. The lowest BCUT2D eigenvalue weighted by Gasteiger charge is -2.37. The number of pyridine rings is 1. The highest BCUT2D eigenvalue weighted by Crippen LogP contribution is 2.39. The van der Waals surface area contributed by atoms with Crippen LogP contribution in [0.4, 0.5) is 20.6 Å². The molecule has 5 rings (SSSR count). The molecule has 0 spiro atoms. The molecule has 4 heterocycles. The zero-order valence-electron chi connectivity index (χ0n) is 23.8. The Bertz CT molecular complexity index is 1580. The van der Waals surface area contributed by atoms with Crippen molar-refractivity contribution in [2.75, 3.05) is 43.4 Å². The van der Waals surface area contributed by atoms with Gasteiger partial charge in [-0.15, -0.1) is 11.3 Å². The van der Waals surface area contributed by atoms with Gasteiger partial charge in [0.15, 0.2) is 0 Å². The molecule has 1 aromatic carbocycles. The first kappa shape index (κ1) is 28.4. The summed E-state index contributed by atoms with van der Waals surface area (Å²) in [6, 6.07) is 4.93. The summed E-state index contributed by atoms with van der Waals surface area (Å²) >= 11 is 1.22. The van der Waals surface area contributed by atoms with Crippen molar-refractivity contribution in [1.82, 2.24) is 15.2 Å². The van der Waals surface area contributed by atoms with Gasteiger partial charge in [0.1, 0.15) is 45.1 Å². The van der Waals surface area contributed by atoms with Crippen molar-refractivity contribution in [2.24, 2.45) is 0 Å². The number of carbonyl (C=O) groups is 2. The number of nitriles is 1. The predicted octanol–water partition coefficient (Wildman–Crippen LogP) is 4.30. The van der Waals surface area contributed by atoms with Crippen LogP contribution in [0.3, 0.4) is 0 Å². The van der Waals surface area contributed by atoms with Crippen LogP contribution in [-0.2, 0) is 11.2 Å². The number of halogens is 1. The first-order valence-electron chi connectivity index (χ1n) is 13.4. The van der Waals surface area contributed by atoms with Gasteiger partial charge in [0, 0.05) is 49.2 Å². The molecule has 1 fully saturated rings. The normalized spacial score (nSPS) is 17.0. The number of rotatable bonds is 3. The van der Waals surface area contributed by atoms with Gasteiger partial charge in [0.2, 0.25) is 0 Å². The van der Waals surface area contributed by atoms with Crippen LogP contribution in [0.1, 0.15) is 52.8 Å². The third-order valence-corrected chi connectivity index (χ3v) is 8.24. The first-order valence-corrected chi connectivity index (χ1v) is 14.3. The number of nitrogens with one attached hydrogen (secondary N) is 1. The number of hydrogen-bond donors (Lipinski definition) is 2. The van der Waals surface area contributed by atoms with Gasteiger partial charge >= 0.3 is 6.09 Å². The van der Waals surface area contributed by atoms with Crippen molar-refractivity contribution in [2.45, 2.75) is 52.7 Å². The van der Waals surface area contributed by atoms with E-state index >= 15 is 4.39 Å². The number of anilines is 2. The van der Waals surface area contributed by atoms with E-state index in [-0.39, 0.29) is 35.8 Å². The van der Waals surface area contributed by atoms with Crippen molar-refractivity contribution < 1.29 is 23.5 Å². The minimum Gasteiger partial charge on any atom is -0.490 e. The Morgan fingerprint density at radius 3 is 2.61 bits per heavy atom. The van der Waals surface area contributed by atoms with E-state index in [0.717, 1.165) is 16.6 Å². The van der Waals surface area contributed by atoms with Gasteiger partial charge in [-0.3, -0.25) is 4.79 Å². The Kier molecular flexibility index (Phi) is 7.42. The molecule has 2 amide bonds. The minimum atomic E-state index is -0.599. The highest BCUT2D eigenvalue weighted by Gasteiger charge is 2.33. The summed E-state index contributed by atoms with van der Waals surface area (Å²) in [5.74, 6) is -0.696. The van der Waals surface area contributed by atoms with Crippen molar-refractivity contribution in [3.63, 3.8) is 0 Å². The molecule has 2 aliphatic heterocycles. The van der Waals surface area contributed by atoms with Crippen LogP contribution in [0, 0.1) is 31.0 Å². The van der Waals surface area contributed by atoms with Crippen LogP contribution in [-0.4, -0.2) is 66.3 Å². The molecule has 0 aliphatic carbocycles. The standard InChI is InChI=1S/C29H33FN6O4S/c1-15-10-16(2)33-27-22(15)23(32)25(41-27)26(37)34-17-11-18-20(30)12-21(19(13-31)24(18)39-14-17)35-6-8-36(9-7-35)28(38)40-29(3,4)5/h10,12,17H,6-9,11,14,32H2,1-5H3,(H,34,37)/t17-/m1/s1. The van der Waals surface area contributed by atoms with E-state index in [1.54, 1.807) is 4.90 Å². The molecule has 1 atom stereocenters. The number of carbonyl (C=O) groups excluding carboxylic acids is 2. The van der Waals surface area contributed by atoms with Crippen LogP contribution < -0.4 is 20.7 Å². The highest BCUT2D eigenvalue weighted by atomic mass is 32.1. The van der Waals surface area contributed by atoms with E-state index in [4.69, 9.17) is 15.2 Å². The molecule has 0 saturated carbocycles. The Hall–Kier alpha value is -4.11. The number of hydrogen-bond acceptors (Lipinski definition) is 9. The van der Waals surface area contributed by atoms with Gasteiger partial charge in [-0.25, -0.2) is 14.2 Å². The van der Waals surface area contributed by atoms with Crippen molar-refractivity contribution in [3.8, 4) is 11.8 Å². The van der Waals surface area contributed by atoms with Crippen molar-refractivity contribution in [3.05, 3.63) is 45.2 Å². The first-order chi connectivity index (χ1) is 19.4. The second-order valence-corrected chi connectivity index (χ2v) is 12.4. The number of thiophene rings is 1. The number of aryl methyl sites for hydroxylation is 2. The van der Waals surface area contributed by atoms with Crippen molar-refractivity contribution >= 4 is 44.9 Å². The maximum atomic E-state index is 15.5. The van der Waals surface area contributed by atoms with E-state index < -0.39 is 23.6 Å². The Morgan fingerprint density at radius 1 is 1.24 bits per heavy atom. The second kappa shape index (κ2) is 10.7. The van der Waals surface area contributed by atoms with E-state index in [1.807, 2.05) is 45.6 Å². The van der Waals surface area contributed by atoms with Crippen LogP contribution in [0.25, 0.3) is 10.2 Å². The van der Waals surface area contributed by atoms with Gasteiger partial charge in [-0.2, -0.15) is 5.26 Å². The summed E-state index contributed by atoms with van der Waals surface area (Å²) in [6.07, 6.45) is -0.236. The maximum Gasteiger partial charge on any atom is 0.410 e. The molecule has 12 heteroatoms. The largest absolute Gasteiger partial charge is 0.490 e. The fraction of sp³-hybridized carbons (Fsp3) is 0.448. The summed E-state index contributed by atoms with van der Waals surface area (Å²) in [7, 11) is 0. The second-order valence-electron chi connectivity index (χ2n) is 11.4. The summed E-state index contributed by atoms with van der Waals surface area (Å²) < 4.78 is 26.8. The third kappa shape index (κ3) is 5.59. The molecule has 0 bridgehead atoms. The lowest BCUT2D eigenvalue weighted by atomic mass is 9.97. The molecule has 2 aromatic heterocycles. The van der Waals surface area contributed by atoms with E-state index in [0.29, 0.717) is 47.3 Å². The Balaban J connectivity index is 1.31. The molecule has 216 valence electrons.